The molecule has 2 amide bonds. The van der Waals surface area contributed by atoms with E-state index in [1.165, 1.54) is 18.2 Å². The van der Waals surface area contributed by atoms with Gasteiger partial charge < -0.3 is 4.74 Å². The fourth-order valence-electron chi connectivity index (χ4n) is 3.23. The first-order valence-electron chi connectivity index (χ1n) is 9.96. The third-order valence-corrected chi connectivity index (χ3v) is 6.83. The number of carbonyl (C=O) groups is 2. The fraction of sp³-hybridized carbons (Fsp3) is 0.0833. The van der Waals surface area contributed by atoms with Crippen LogP contribution in [0.1, 0.15) is 16.7 Å². The summed E-state index contributed by atoms with van der Waals surface area (Å²) in [5, 5.41) is 11.2. The van der Waals surface area contributed by atoms with E-state index < -0.39 is 16.1 Å². The molecule has 1 fully saturated rings. The van der Waals surface area contributed by atoms with Crippen LogP contribution in [-0.2, 0) is 17.9 Å². The molecule has 0 aliphatic carbocycles. The molecule has 0 aromatic heterocycles. The van der Waals surface area contributed by atoms with E-state index >= 15 is 0 Å². The van der Waals surface area contributed by atoms with Gasteiger partial charge in [-0.05, 0) is 63.1 Å². The molecule has 0 atom stereocenters. The topological polar surface area (TPSA) is 89.8 Å². The van der Waals surface area contributed by atoms with Crippen molar-refractivity contribution in [3.63, 3.8) is 0 Å². The molecule has 1 saturated heterocycles. The minimum atomic E-state index is -0.517. The van der Waals surface area contributed by atoms with Crippen LogP contribution >= 0.6 is 39.3 Å². The number of amides is 2. The first-order chi connectivity index (χ1) is 16.3. The van der Waals surface area contributed by atoms with E-state index in [2.05, 4.69) is 15.9 Å². The molecule has 0 spiro atoms. The van der Waals surface area contributed by atoms with E-state index in [0.717, 1.165) is 22.2 Å². The highest BCUT2D eigenvalue weighted by atomic mass is 79.9. The Kier molecular flexibility index (Phi) is 7.35. The highest BCUT2D eigenvalue weighted by molar-refractivity contribution is 9.10. The van der Waals surface area contributed by atoms with E-state index in [-0.39, 0.29) is 17.1 Å². The van der Waals surface area contributed by atoms with Gasteiger partial charge in [0.2, 0.25) is 0 Å². The Morgan fingerprint density at radius 1 is 1.09 bits per heavy atom. The second-order valence-corrected chi connectivity index (χ2v) is 9.52. The van der Waals surface area contributed by atoms with Crippen molar-refractivity contribution in [3.8, 4) is 5.75 Å². The van der Waals surface area contributed by atoms with Gasteiger partial charge in [0.25, 0.3) is 16.8 Å². The van der Waals surface area contributed by atoms with E-state index in [4.69, 9.17) is 16.3 Å². The molecule has 0 unspecified atom stereocenters. The fourth-order valence-corrected chi connectivity index (χ4v) is 4.77. The molecule has 0 saturated carbocycles. The average molecular weight is 560 g/mol. The van der Waals surface area contributed by atoms with Crippen LogP contribution in [0.4, 0.5) is 10.5 Å². The van der Waals surface area contributed by atoms with Crippen LogP contribution < -0.4 is 4.74 Å². The summed E-state index contributed by atoms with van der Waals surface area (Å²) in [5.74, 6) is 0.160. The van der Waals surface area contributed by atoms with Crippen molar-refractivity contribution < 1.29 is 19.2 Å². The summed E-state index contributed by atoms with van der Waals surface area (Å²) in [6, 6.07) is 18.6. The summed E-state index contributed by atoms with van der Waals surface area (Å²) < 4.78 is 6.53. The number of halogens is 2. The summed E-state index contributed by atoms with van der Waals surface area (Å²) in [7, 11) is 0. The van der Waals surface area contributed by atoms with E-state index in [9.17, 15) is 19.7 Å². The molecule has 0 N–H and O–H groups in total. The molecule has 10 heteroatoms. The van der Waals surface area contributed by atoms with Gasteiger partial charge in [-0.15, -0.1) is 0 Å². The van der Waals surface area contributed by atoms with Crippen molar-refractivity contribution in [1.82, 2.24) is 4.90 Å². The Bertz CT molecular complexity index is 1330. The van der Waals surface area contributed by atoms with Crippen LogP contribution in [0.25, 0.3) is 6.08 Å². The molecular formula is C24H16BrClN2O5S. The summed E-state index contributed by atoms with van der Waals surface area (Å²) >= 11 is 10.5. The predicted molar refractivity (Wildman–Crippen MR) is 135 cm³/mol. The van der Waals surface area contributed by atoms with Gasteiger partial charge in [0, 0.05) is 22.7 Å². The number of hydrogen-bond acceptors (Lipinski definition) is 6. The maximum Gasteiger partial charge on any atom is 0.293 e. The van der Waals surface area contributed by atoms with Crippen molar-refractivity contribution in [2.45, 2.75) is 13.2 Å². The zero-order chi connectivity index (χ0) is 24.2. The monoisotopic (exact) mass is 558 g/mol. The minimum absolute atomic E-state index is 0.0395. The van der Waals surface area contributed by atoms with Crippen LogP contribution in [0, 0.1) is 10.1 Å². The zero-order valence-electron chi connectivity index (χ0n) is 17.4. The molecule has 0 radical (unpaired) electrons. The summed E-state index contributed by atoms with van der Waals surface area (Å²) in [5.41, 5.74) is 1.97. The van der Waals surface area contributed by atoms with Crippen molar-refractivity contribution >= 4 is 62.2 Å². The van der Waals surface area contributed by atoms with Crippen molar-refractivity contribution in [1.29, 1.82) is 0 Å². The van der Waals surface area contributed by atoms with Crippen molar-refractivity contribution in [2.75, 3.05) is 0 Å². The first-order valence-corrected chi connectivity index (χ1v) is 11.9. The Balaban J connectivity index is 1.46. The van der Waals surface area contributed by atoms with E-state index in [0.29, 0.717) is 33.0 Å². The largest absolute Gasteiger partial charge is 0.488 e. The number of imide groups is 1. The maximum atomic E-state index is 12.8. The lowest BCUT2D eigenvalue weighted by Crippen LogP contribution is -2.27. The molecule has 3 aromatic rings. The van der Waals surface area contributed by atoms with Crippen molar-refractivity contribution in [3.05, 3.63) is 108 Å². The predicted octanol–water partition coefficient (Wildman–Crippen LogP) is 6.83. The number of hydrogen-bond donors (Lipinski definition) is 0. The van der Waals surface area contributed by atoms with Gasteiger partial charge in [0.1, 0.15) is 12.4 Å². The lowest BCUT2D eigenvalue weighted by atomic mass is 10.1. The number of thioether (sulfide) groups is 1. The second-order valence-electron chi connectivity index (χ2n) is 7.26. The maximum absolute atomic E-state index is 12.8. The van der Waals surface area contributed by atoms with Gasteiger partial charge in [-0.3, -0.25) is 24.6 Å². The average Bonchev–Trinajstić information content (AvgIpc) is 3.07. The number of carbonyl (C=O) groups excluding carboxylic acids is 2. The van der Waals surface area contributed by atoms with Gasteiger partial charge in [0.15, 0.2) is 0 Å². The lowest BCUT2D eigenvalue weighted by molar-refractivity contribution is -0.384. The van der Waals surface area contributed by atoms with Crippen LogP contribution in [0.3, 0.4) is 0 Å². The molecule has 1 aliphatic heterocycles. The van der Waals surface area contributed by atoms with Gasteiger partial charge in [-0.25, -0.2) is 0 Å². The number of nitrogens with zero attached hydrogens (tertiary/aromatic N) is 2. The number of rotatable bonds is 7. The number of nitro groups is 1. The molecule has 7 nitrogen and oxygen atoms in total. The number of non-ortho nitro benzene ring substituents is 1. The third kappa shape index (κ3) is 5.49. The number of ether oxygens (including phenoxy) is 1. The Hall–Kier alpha value is -3.14. The molecule has 172 valence electrons. The third-order valence-electron chi connectivity index (χ3n) is 4.93. The van der Waals surface area contributed by atoms with Crippen LogP contribution in [-0.4, -0.2) is 21.0 Å². The van der Waals surface area contributed by atoms with E-state index in [1.54, 1.807) is 36.4 Å². The Morgan fingerprint density at radius 3 is 2.62 bits per heavy atom. The Labute approximate surface area is 212 Å². The van der Waals surface area contributed by atoms with Crippen LogP contribution in [0.2, 0.25) is 5.02 Å². The highest BCUT2D eigenvalue weighted by Crippen LogP contribution is 2.35. The van der Waals surface area contributed by atoms with Gasteiger partial charge in [-0.2, -0.15) is 0 Å². The lowest BCUT2D eigenvalue weighted by Gasteiger charge is -2.12. The number of benzene rings is 3. The smallest absolute Gasteiger partial charge is 0.293 e. The molecule has 34 heavy (non-hydrogen) atoms. The molecule has 4 rings (SSSR count). The number of nitro benzene ring substituents is 1. The second kappa shape index (κ2) is 10.4. The highest BCUT2D eigenvalue weighted by Gasteiger charge is 2.35. The van der Waals surface area contributed by atoms with Crippen molar-refractivity contribution in [2.24, 2.45) is 0 Å². The molecule has 1 aliphatic rings. The SMILES string of the molecule is O=C1S/C(=C/c2ccc(OCc3ccccc3Cl)c(Br)c2)C(=O)N1Cc1cccc([N+](=O)[O-])c1. The summed E-state index contributed by atoms with van der Waals surface area (Å²) in [6.45, 7) is 0.260. The van der Waals surface area contributed by atoms with E-state index in [1.807, 2.05) is 18.2 Å². The normalized spacial score (nSPS) is 14.6. The summed E-state index contributed by atoms with van der Waals surface area (Å²) in [6.07, 6.45) is 1.63. The minimum Gasteiger partial charge on any atom is -0.488 e. The molecule has 0 bridgehead atoms. The quantitative estimate of drug-likeness (QED) is 0.179. The van der Waals surface area contributed by atoms with Gasteiger partial charge in [0.05, 0.1) is 20.8 Å². The molecule has 3 aromatic carbocycles. The summed E-state index contributed by atoms with van der Waals surface area (Å²) in [4.78, 5) is 37.1. The first kappa shape index (κ1) is 24.0. The van der Waals surface area contributed by atoms with Crippen LogP contribution in [0.5, 0.6) is 5.75 Å². The van der Waals surface area contributed by atoms with Crippen LogP contribution in [0.15, 0.2) is 76.1 Å². The van der Waals surface area contributed by atoms with Gasteiger partial charge in [-0.1, -0.05) is 48.0 Å². The van der Waals surface area contributed by atoms with Gasteiger partial charge >= 0.3 is 0 Å². The molecular weight excluding hydrogens is 544 g/mol. The zero-order valence-corrected chi connectivity index (χ0v) is 20.6. The standard InChI is InChI=1S/C24H16BrClN2O5S/c25-19-11-15(8-9-21(19)33-14-17-5-1-2-7-20(17)26)12-22-23(29)27(24(30)34-22)13-16-4-3-6-18(10-16)28(31)32/h1-12H,13-14H2/b22-12+. The Morgan fingerprint density at radius 2 is 1.88 bits per heavy atom. The molecule has 1 heterocycles.